The number of aromatic nitrogens is 5. The highest BCUT2D eigenvalue weighted by Crippen LogP contribution is 2.05. The Balaban J connectivity index is 1.99. The number of amides is 1. The molecule has 21 heavy (non-hydrogen) atoms. The van der Waals surface area contributed by atoms with Gasteiger partial charge in [0.25, 0.3) is 5.91 Å². The third-order valence-electron chi connectivity index (χ3n) is 2.66. The van der Waals surface area contributed by atoms with Crippen molar-refractivity contribution in [2.45, 2.75) is 26.9 Å². The van der Waals surface area contributed by atoms with Gasteiger partial charge in [-0.15, -0.1) is 5.10 Å². The normalized spacial score (nSPS) is 10.4. The van der Waals surface area contributed by atoms with Crippen LogP contribution in [0, 0.1) is 13.8 Å². The molecule has 0 saturated carbocycles. The molecule has 1 amide bonds. The van der Waals surface area contributed by atoms with Crippen LogP contribution in [0.5, 0.6) is 0 Å². The largest absolute Gasteiger partial charge is 0.480 e. The van der Waals surface area contributed by atoms with Gasteiger partial charge in [-0.3, -0.25) is 9.59 Å². The fraction of sp³-hybridized carbons (Fsp3) is 0.333. The Morgan fingerprint density at radius 2 is 2.05 bits per heavy atom. The Morgan fingerprint density at radius 3 is 2.76 bits per heavy atom. The first-order chi connectivity index (χ1) is 9.95. The van der Waals surface area contributed by atoms with Gasteiger partial charge in [0.2, 0.25) is 0 Å². The van der Waals surface area contributed by atoms with E-state index >= 15 is 0 Å². The maximum atomic E-state index is 12.0. The molecule has 0 aromatic carbocycles. The van der Waals surface area contributed by atoms with Crippen LogP contribution in [0.3, 0.4) is 0 Å². The number of aryl methyl sites for hydroxylation is 2. The first-order valence-electron chi connectivity index (χ1n) is 6.15. The maximum Gasteiger partial charge on any atom is 0.325 e. The monoisotopic (exact) mass is 290 g/mol. The maximum absolute atomic E-state index is 12.0. The van der Waals surface area contributed by atoms with E-state index in [1.54, 1.807) is 19.9 Å². The molecule has 0 atom stereocenters. The lowest BCUT2D eigenvalue weighted by Crippen LogP contribution is -2.24. The molecule has 0 aliphatic rings. The standard InChI is InChI=1S/C12H14N6O3/c1-7-3-10(8(2)15-14-7)12(21)13-4-9-5-18(17-16-9)6-11(19)20/h3,5H,4,6H2,1-2H3,(H,13,21)(H,19,20). The average molecular weight is 290 g/mol. The van der Waals surface area contributed by atoms with E-state index in [0.717, 1.165) is 0 Å². The number of nitrogens with one attached hydrogen (secondary N) is 1. The molecule has 0 unspecified atom stereocenters. The van der Waals surface area contributed by atoms with Gasteiger partial charge in [0.1, 0.15) is 12.2 Å². The van der Waals surface area contributed by atoms with Crippen molar-refractivity contribution in [3.05, 3.63) is 34.9 Å². The number of rotatable bonds is 5. The summed E-state index contributed by atoms with van der Waals surface area (Å²) in [6, 6.07) is 1.65. The van der Waals surface area contributed by atoms with E-state index < -0.39 is 5.97 Å². The molecule has 0 bridgehead atoms. The van der Waals surface area contributed by atoms with Crippen LogP contribution in [0.25, 0.3) is 0 Å². The lowest BCUT2D eigenvalue weighted by molar-refractivity contribution is -0.137. The molecule has 2 heterocycles. The highest BCUT2D eigenvalue weighted by Gasteiger charge is 2.12. The van der Waals surface area contributed by atoms with Crippen molar-refractivity contribution in [2.24, 2.45) is 0 Å². The zero-order valence-corrected chi connectivity index (χ0v) is 11.6. The van der Waals surface area contributed by atoms with Gasteiger partial charge in [0.05, 0.1) is 29.7 Å². The zero-order valence-electron chi connectivity index (χ0n) is 11.6. The topological polar surface area (TPSA) is 123 Å². The van der Waals surface area contributed by atoms with Crippen LogP contribution in [0.1, 0.15) is 27.4 Å². The van der Waals surface area contributed by atoms with E-state index in [2.05, 4.69) is 25.8 Å². The number of carboxylic acids is 1. The summed E-state index contributed by atoms with van der Waals surface area (Å²) in [4.78, 5) is 22.6. The molecule has 0 aliphatic carbocycles. The van der Waals surface area contributed by atoms with Crippen LogP contribution in [-0.4, -0.2) is 42.2 Å². The highest BCUT2D eigenvalue weighted by molar-refractivity contribution is 5.95. The van der Waals surface area contributed by atoms with Crippen LogP contribution >= 0.6 is 0 Å². The van der Waals surface area contributed by atoms with E-state index in [1.807, 2.05) is 0 Å². The van der Waals surface area contributed by atoms with Crippen molar-refractivity contribution in [1.29, 1.82) is 0 Å². The van der Waals surface area contributed by atoms with Crippen molar-refractivity contribution in [3.63, 3.8) is 0 Å². The number of hydrogen-bond acceptors (Lipinski definition) is 6. The van der Waals surface area contributed by atoms with Gasteiger partial charge in [-0.1, -0.05) is 5.21 Å². The van der Waals surface area contributed by atoms with Crippen molar-refractivity contribution >= 4 is 11.9 Å². The molecule has 2 N–H and O–H groups in total. The molecule has 2 aromatic heterocycles. The Morgan fingerprint density at radius 1 is 1.29 bits per heavy atom. The summed E-state index contributed by atoms with van der Waals surface area (Å²) in [7, 11) is 0. The molecule has 0 radical (unpaired) electrons. The Labute approximate surface area is 120 Å². The third kappa shape index (κ3) is 3.81. The minimum atomic E-state index is -1.01. The summed E-state index contributed by atoms with van der Waals surface area (Å²) in [5, 5.41) is 26.5. The highest BCUT2D eigenvalue weighted by atomic mass is 16.4. The van der Waals surface area contributed by atoms with E-state index in [9.17, 15) is 9.59 Å². The van der Waals surface area contributed by atoms with Gasteiger partial charge in [0.15, 0.2) is 0 Å². The minimum Gasteiger partial charge on any atom is -0.480 e. The number of carbonyl (C=O) groups is 2. The zero-order chi connectivity index (χ0) is 15.4. The van der Waals surface area contributed by atoms with Crippen LogP contribution in [0.2, 0.25) is 0 Å². The molecule has 9 heteroatoms. The van der Waals surface area contributed by atoms with Gasteiger partial charge in [0, 0.05) is 0 Å². The molecule has 0 fully saturated rings. The summed E-state index contributed by atoms with van der Waals surface area (Å²) in [5.74, 6) is -1.30. The predicted octanol–water partition coefficient (Wildman–Crippen LogP) is -0.300. The average Bonchev–Trinajstić information content (AvgIpc) is 2.85. The smallest absolute Gasteiger partial charge is 0.325 e. The molecule has 0 spiro atoms. The molecule has 110 valence electrons. The predicted molar refractivity (Wildman–Crippen MR) is 70.3 cm³/mol. The van der Waals surface area contributed by atoms with E-state index in [4.69, 9.17) is 5.11 Å². The summed E-state index contributed by atoms with van der Waals surface area (Å²) < 4.78 is 1.19. The second-order valence-corrected chi connectivity index (χ2v) is 4.47. The van der Waals surface area contributed by atoms with Gasteiger partial charge in [-0.2, -0.15) is 10.2 Å². The number of hydrogen-bond donors (Lipinski definition) is 2. The Bertz CT molecular complexity index is 681. The van der Waals surface area contributed by atoms with Crippen molar-refractivity contribution in [2.75, 3.05) is 0 Å². The molecule has 9 nitrogen and oxygen atoms in total. The van der Waals surface area contributed by atoms with Gasteiger partial charge < -0.3 is 10.4 Å². The van der Waals surface area contributed by atoms with E-state index in [0.29, 0.717) is 22.6 Å². The molecular weight excluding hydrogens is 276 g/mol. The number of aliphatic carboxylic acids is 1. The second kappa shape index (κ2) is 6.07. The first kappa shape index (κ1) is 14.6. The SMILES string of the molecule is Cc1cc(C(=O)NCc2cn(CC(=O)O)nn2)c(C)nn1. The number of nitrogens with zero attached hydrogens (tertiary/aromatic N) is 5. The van der Waals surface area contributed by atoms with Gasteiger partial charge >= 0.3 is 5.97 Å². The molecule has 2 rings (SSSR count). The Hall–Kier alpha value is -2.84. The molecule has 0 saturated heterocycles. The van der Waals surface area contributed by atoms with Crippen LogP contribution in [0.4, 0.5) is 0 Å². The fourth-order valence-electron chi connectivity index (χ4n) is 1.68. The molecular formula is C12H14N6O3. The first-order valence-corrected chi connectivity index (χ1v) is 6.15. The van der Waals surface area contributed by atoms with Crippen LogP contribution in [0.15, 0.2) is 12.3 Å². The van der Waals surface area contributed by atoms with Crippen molar-refractivity contribution in [3.8, 4) is 0 Å². The fourth-order valence-corrected chi connectivity index (χ4v) is 1.68. The van der Waals surface area contributed by atoms with E-state index in [1.165, 1.54) is 10.9 Å². The van der Waals surface area contributed by atoms with Crippen LogP contribution < -0.4 is 5.32 Å². The quantitative estimate of drug-likeness (QED) is 0.774. The van der Waals surface area contributed by atoms with Crippen molar-refractivity contribution < 1.29 is 14.7 Å². The number of carbonyl (C=O) groups excluding carboxylic acids is 1. The summed E-state index contributed by atoms with van der Waals surface area (Å²) >= 11 is 0. The lowest BCUT2D eigenvalue weighted by atomic mass is 10.2. The summed E-state index contributed by atoms with van der Waals surface area (Å²) in [6.07, 6.45) is 1.47. The molecule has 2 aromatic rings. The molecule has 0 aliphatic heterocycles. The van der Waals surface area contributed by atoms with Gasteiger partial charge in [-0.05, 0) is 19.9 Å². The minimum absolute atomic E-state index is 0.152. The lowest BCUT2D eigenvalue weighted by Gasteiger charge is -2.05. The summed E-state index contributed by atoms with van der Waals surface area (Å²) in [6.45, 7) is 3.33. The van der Waals surface area contributed by atoms with Gasteiger partial charge in [-0.25, -0.2) is 4.68 Å². The van der Waals surface area contributed by atoms with Crippen LogP contribution in [-0.2, 0) is 17.9 Å². The summed E-state index contributed by atoms with van der Waals surface area (Å²) in [5.41, 5.74) is 2.10. The Kier molecular flexibility index (Phi) is 4.21. The van der Waals surface area contributed by atoms with Crippen molar-refractivity contribution in [1.82, 2.24) is 30.5 Å². The van der Waals surface area contributed by atoms with E-state index in [-0.39, 0.29) is 19.0 Å². The number of carboxylic acid groups (broad SMARTS) is 1. The third-order valence-corrected chi connectivity index (χ3v) is 2.66. The second-order valence-electron chi connectivity index (χ2n) is 4.47.